The first-order valence-corrected chi connectivity index (χ1v) is 6.68. The van der Waals surface area contributed by atoms with E-state index in [4.69, 9.17) is 15.2 Å². The SMILES string of the molecule is COC(CC(CN)Nc1cc(C)ccc1Br)OC. The predicted molar refractivity (Wildman–Crippen MR) is 77.8 cm³/mol. The van der Waals surface area contributed by atoms with Gasteiger partial charge in [0, 0.05) is 43.4 Å². The van der Waals surface area contributed by atoms with Crippen LogP contribution < -0.4 is 11.1 Å². The predicted octanol–water partition coefficient (Wildman–Crippen LogP) is 2.51. The molecule has 0 saturated carbocycles. The van der Waals surface area contributed by atoms with Crippen LogP contribution in [-0.2, 0) is 9.47 Å². The minimum atomic E-state index is -0.241. The molecule has 0 aromatic heterocycles. The first kappa shape index (κ1) is 15.4. The van der Waals surface area contributed by atoms with Gasteiger partial charge in [-0.2, -0.15) is 0 Å². The maximum absolute atomic E-state index is 5.78. The van der Waals surface area contributed by atoms with E-state index in [2.05, 4.69) is 40.3 Å². The lowest BCUT2D eigenvalue weighted by atomic mass is 10.1. The maximum Gasteiger partial charge on any atom is 0.158 e. The summed E-state index contributed by atoms with van der Waals surface area (Å²) in [5.41, 5.74) is 8.02. The van der Waals surface area contributed by atoms with E-state index in [0.29, 0.717) is 13.0 Å². The summed E-state index contributed by atoms with van der Waals surface area (Å²) in [6.45, 7) is 2.58. The van der Waals surface area contributed by atoms with E-state index in [-0.39, 0.29) is 12.3 Å². The summed E-state index contributed by atoms with van der Waals surface area (Å²) < 4.78 is 11.4. The molecule has 0 fully saturated rings. The molecule has 1 unspecified atom stereocenters. The summed E-state index contributed by atoms with van der Waals surface area (Å²) in [4.78, 5) is 0. The average molecular weight is 317 g/mol. The zero-order chi connectivity index (χ0) is 13.5. The highest BCUT2D eigenvalue weighted by molar-refractivity contribution is 9.10. The second kappa shape index (κ2) is 7.74. The first-order valence-electron chi connectivity index (χ1n) is 5.89. The number of hydrogen-bond donors (Lipinski definition) is 2. The maximum atomic E-state index is 5.78. The molecule has 3 N–H and O–H groups in total. The Morgan fingerprint density at radius 1 is 1.33 bits per heavy atom. The van der Waals surface area contributed by atoms with Gasteiger partial charge >= 0.3 is 0 Å². The quantitative estimate of drug-likeness (QED) is 0.759. The zero-order valence-electron chi connectivity index (χ0n) is 11.1. The van der Waals surface area contributed by atoms with Crippen molar-refractivity contribution < 1.29 is 9.47 Å². The Morgan fingerprint density at radius 2 is 2.00 bits per heavy atom. The van der Waals surface area contributed by atoms with Crippen molar-refractivity contribution in [1.82, 2.24) is 0 Å². The topological polar surface area (TPSA) is 56.5 Å². The summed E-state index contributed by atoms with van der Waals surface area (Å²) >= 11 is 3.52. The van der Waals surface area contributed by atoms with Crippen LogP contribution in [0.3, 0.4) is 0 Å². The number of nitrogens with one attached hydrogen (secondary N) is 1. The summed E-state index contributed by atoms with van der Waals surface area (Å²) in [6.07, 6.45) is 0.457. The molecule has 1 rings (SSSR count). The zero-order valence-corrected chi connectivity index (χ0v) is 12.7. The van der Waals surface area contributed by atoms with Crippen LogP contribution in [0.25, 0.3) is 0 Å². The molecule has 1 atom stereocenters. The van der Waals surface area contributed by atoms with Crippen LogP contribution in [0, 0.1) is 6.92 Å². The van der Waals surface area contributed by atoms with Crippen LogP contribution in [-0.4, -0.2) is 33.1 Å². The number of hydrogen-bond acceptors (Lipinski definition) is 4. The number of benzene rings is 1. The number of aryl methyl sites for hydroxylation is 1. The lowest BCUT2D eigenvalue weighted by molar-refractivity contribution is -0.107. The first-order chi connectivity index (χ1) is 8.60. The van der Waals surface area contributed by atoms with E-state index < -0.39 is 0 Å². The Kier molecular flexibility index (Phi) is 6.63. The van der Waals surface area contributed by atoms with E-state index in [1.807, 2.05) is 6.07 Å². The molecule has 102 valence electrons. The average Bonchev–Trinajstić information content (AvgIpc) is 2.38. The van der Waals surface area contributed by atoms with E-state index in [1.165, 1.54) is 5.56 Å². The van der Waals surface area contributed by atoms with E-state index in [0.717, 1.165) is 10.2 Å². The van der Waals surface area contributed by atoms with Crippen LogP contribution in [0.15, 0.2) is 22.7 Å². The summed E-state index contributed by atoms with van der Waals surface area (Å²) in [5.74, 6) is 0. The van der Waals surface area contributed by atoms with Crippen molar-refractivity contribution in [3.63, 3.8) is 0 Å². The normalized spacial score (nSPS) is 12.8. The molecule has 5 heteroatoms. The van der Waals surface area contributed by atoms with Crippen LogP contribution >= 0.6 is 15.9 Å². The van der Waals surface area contributed by atoms with Gasteiger partial charge in [0.15, 0.2) is 6.29 Å². The fourth-order valence-electron chi connectivity index (χ4n) is 1.70. The lowest BCUT2D eigenvalue weighted by Crippen LogP contribution is -2.34. The van der Waals surface area contributed by atoms with Gasteiger partial charge < -0.3 is 20.5 Å². The lowest BCUT2D eigenvalue weighted by Gasteiger charge is -2.23. The smallest absolute Gasteiger partial charge is 0.158 e. The van der Waals surface area contributed by atoms with Crippen molar-refractivity contribution in [3.8, 4) is 0 Å². The van der Waals surface area contributed by atoms with Crippen molar-refractivity contribution in [2.45, 2.75) is 25.7 Å². The number of ether oxygens (including phenoxy) is 2. The van der Waals surface area contributed by atoms with Gasteiger partial charge in [-0.05, 0) is 40.5 Å². The molecule has 1 aromatic rings. The fourth-order valence-corrected chi connectivity index (χ4v) is 2.07. The molecular formula is C13H21BrN2O2. The summed E-state index contributed by atoms with van der Waals surface area (Å²) in [6, 6.07) is 6.27. The molecule has 0 amide bonds. The van der Waals surface area contributed by atoms with Crippen LogP contribution in [0.1, 0.15) is 12.0 Å². The standard InChI is InChI=1S/C13H21BrN2O2/c1-9-4-5-11(14)12(6-9)16-10(8-15)7-13(17-2)18-3/h4-6,10,13,16H,7-8,15H2,1-3H3. The molecule has 1 aromatic carbocycles. The van der Waals surface area contributed by atoms with Gasteiger partial charge in [0.05, 0.1) is 0 Å². The van der Waals surface area contributed by atoms with E-state index in [1.54, 1.807) is 14.2 Å². The molecule has 0 radical (unpaired) electrons. The van der Waals surface area contributed by atoms with Gasteiger partial charge in [0.1, 0.15) is 0 Å². The van der Waals surface area contributed by atoms with Gasteiger partial charge in [-0.25, -0.2) is 0 Å². The van der Waals surface area contributed by atoms with Crippen LogP contribution in [0.2, 0.25) is 0 Å². The molecule has 0 aliphatic heterocycles. The molecule has 0 bridgehead atoms. The third kappa shape index (κ3) is 4.57. The monoisotopic (exact) mass is 316 g/mol. The van der Waals surface area contributed by atoms with Crippen LogP contribution in [0.5, 0.6) is 0 Å². The molecule has 0 saturated heterocycles. The van der Waals surface area contributed by atoms with Gasteiger partial charge in [-0.15, -0.1) is 0 Å². The largest absolute Gasteiger partial charge is 0.380 e. The number of methoxy groups -OCH3 is 2. The van der Waals surface area contributed by atoms with Crippen molar-refractivity contribution in [1.29, 1.82) is 0 Å². The number of rotatable bonds is 7. The highest BCUT2D eigenvalue weighted by atomic mass is 79.9. The van der Waals surface area contributed by atoms with Crippen molar-refractivity contribution in [2.24, 2.45) is 5.73 Å². The number of nitrogens with two attached hydrogens (primary N) is 1. The third-order valence-corrected chi connectivity index (χ3v) is 3.46. The van der Waals surface area contributed by atoms with Gasteiger partial charge in [0.25, 0.3) is 0 Å². The minimum absolute atomic E-state index is 0.105. The van der Waals surface area contributed by atoms with Gasteiger partial charge in [-0.1, -0.05) is 6.07 Å². The van der Waals surface area contributed by atoms with Gasteiger partial charge in [-0.3, -0.25) is 0 Å². The molecule has 0 aliphatic rings. The Morgan fingerprint density at radius 3 is 2.56 bits per heavy atom. The molecule has 0 spiro atoms. The fraction of sp³-hybridized carbons (Fsp3) is 0.538. The Balaban J connectivity index is 2.70. The summed E-state index contributed by atoms with van der Waals surface area (Å²) in [5, 5.41) is 3.41. The Labute approximate surface area is 117 Å². The second-order valence-electron chi connectivity index (χ2n) is 4.20. The molecular weight excluding hydrogens is 296 g/mol. The minimum Gasteiger partial charge on any atom is -0.380 e. The molecule has 4 nitrogen and oxygen atoms in total. The molecule has 18 heavy (non-hydrogen) atoms. The number of anilines is 1. The Hall–Kier alpha value is -0.620. The molecule has 0 heterocycles. The number of halogens is 1. The van der Waals surface area contributed by atoms with Crippen molar-refractivity contribution in [3.05, 3.63) is 28.2 Å². The van der Waals surface area contributed by atoms with E-state index >= 15 is 0 Å². The Bertz CT molecular complexity index is 370. The van der Waals surface area contributed by atoms with Crippen molar-refractivity contribution in [2.75, 3.05) is 26.1 Å². The highest BCUT2D eigenvalue weighted by Crippen LogP contribution is 2.24. The third-order valence-electron chi connectivity index (χ3n) is 2.77. The van der Waals surface area contributed by atoms with Crippen LogP contribution in [0.4, 0.5) is 5.69 Å². The molecule has 0 aliphatic carbocycles. The van der Waals surface area contributed by atoms with E-state index in [9.17, 15) is 0 Å². The van der Waals surface area contributed by atoms with Crippen molar-refractivity contribution >= 4 is 21.6 Å². The highest BCUT2D eigenvalue weighted by Gasteiger charge is 2.15. The van der Waals surface area contributed by atoms with Gasteiger partial charge in [0.2, 0.25) is 0 Å². The second-order valence-corrected chi connectivity index (χ2v) is 5.05. The summed E-state index contributed by atoms with van der Waals surface area (Å²) in [7, 11) is 3.26.